The van der Waals surface area contributed by atoms with Crippen LogP contribution in [-0.4, -0.2) is 25.0 Å². The number of carbonyl (C=O) groups excluding carboxylic acids is 3. The summed E-state index contributed by atoms with van der Waals surface area (Å²) < 4.78 is 9.44. The highest BCUT2D eigenvalue weighted by atomic mass is 16.5. The third-order valence-corrected chi connectivity index (χ3v) is 1.97. The first-order chi connectivity index (χ1) is 8.43. The molecule has 0 radical (unpaired) electrons. The van der Waals surface area contributed by atoms with Crippen LogP contribution in [0.3, 0.4) is 0 Å². The molecule has 0 bridgehead atoms. The second kappa shape index (κ2) is 5.81. The van der Waals surface area contributed by atoms with Gasteiger partial charge in [-0.1, -0.05) is 0 Å². The SMILES string of the molecule is COC(=O)c1cc(OC(C)=O)ccc1NC(C)=O. The van der Waals surface area contributed by atoms with Gasteiger partial charge in [0.15, 0.2) is 0 Å². The summed E-state index contributed by atoms with van der Waals surface area (Å²) in [6, 6.07) is 4.27. The number of ether oxygens (including phenoxy) is 2. The van der Waals surface area contributed by atoms with Gasteiger partial charge in [-0.25, -0.2) is 4.79 Å². The lowest BCUT2D eigenvalue weighted by Gasteiger charge is -2.10. The van der Waals surface area contributed by atoms with E-state index in [1.165, 1.54) is 39.2 Å². The quantitative estimate of drug-likeness (QED) is 0.647. The lowest BCUT2D eigenvalue weighted by Crippen LogP contribution is -2.12. The van der Waals surface area contributed by atoms with E-state index in [2.05, 4.69) is 10.1 Å². The average molecular weight is 251 g/mol. The fraction of sp³-hybridized carbons (Fsp3) is 0.250. The first kappa shape index (κ1) is 13.7. The number of amides is 1. The molecular formula is C12H13NO5. The van der Waals surface area contributed by atoms with E-state index in [-0.39, 0.29) is 17.2 Å². The Hall–Kier alpha value is -2.37. The van der Waals surface area contributed by atoms with Crippen molar-refractivity contribution in [3.05, 3.63) is 23.8 Å². The monoisotopic (exact) mass is 251 g/mol. The van der Waals surface area contributed by atoms with Crippen LogP contribution in [0, 0.1) is 0 Å². The van der Waals surface area contributed by atoms with Gasteiger partial charge >= 0.3 is 11.9 Å². The zero-order valence-corrected chi connectivity index (χ0v) is 10.3. The van der Waals surface area contributed by atoms with Crippen LogP contribution in [0.2, 0.25) is 0 Å². The van der Waals surface area contributed by atoms with E-state index in [9.17, 15) is 14.4 Å². The summed E-state index contributed by atoms with van der Waals surface area (Å²) in [7, 11) is 1.22. The smallest absolute Gasteiger partial charge is 0.340 e. The number of hydrogen-bond donors (Lipinski definition) is 1. The number of nitrogens with one attached hydrogen (secondary N) is 1. The maximum atomic E-state index is 11.5. The molecule has 6 heteroatoms. The van der Waals surface area contributed by atoms with E-state index < -0.39 is 11.9 Å². The summed E-state index contributed by atoms with van der Waals surface area (Å²) in [5, 5.41) is 2.49. The van der Waals surface area contributed by atoms with Gasteiger partial charge in [0.2, 0.25) is 5.91 Å². The number of esters is 2. The molecule has 1 aromatic carbocycles. The molecule has 0 heterocycles. The number of hydrogen-bond acceptors (Lipinski definition) is 5. The van der Waals surface area contributed by atoms with Crippen molar-refractivity contribution in [3.63, 3.8) is 0 Å². The molecule has 1 aromatic rings. The van der Waals surface area contributed by atoms with Gasteiger partial charge in [-0.15, -0.1) is 0 Å². The van der Waals surface area contributed by atoms with E-state index >= 15 is 0 Å². The summed E-state index contributed by atoms with van der Waals surface area (Å²) >= 11 is 0. The van der Waals surface area contributed by atoms with Gasteiger partial charge in [0.1, 0.15) is 5.75 Å². The highest BCUT2D eigenvalue weighted by molar-refractivity contribution is 6.01. The normalized spacial score (nSPS) is 9.50. The minimum atomic E-state index is -0.632. The maximum Gasteiger partial charge on any atom is 0.340 e. The van der Waals surface area contributed by atoms with Gasteiger partial charge in [-0.3, -0.25) is 9.59 Å². The molecule has 0 fully saturated rings. The third kappa shape index (κ3) is 3.58. The second-order valence-corrected chi connectivity index (χ2v) is 3.47. The van der Waals surface area contributed by atoms with Crippen LogP contribution in [0.5, 0.6) is 5.75 Å². The molecule has 96 valence electrons. The predicted octanol–water partition coefficient (Wildman–Crippen LogP) is 1.36. The van der Waals surface area contributed by atoms with Crippen molar-refractivity contribution in [1.82, 2.24) is 0 Å². The van der Waals surface area contributed by atoms with Crippen molar-refractivity contribution >= 4 is 23.5 Å². The van der Waals surface area contributed by atoms with Gasteiger partial charge in [-0.2, -0.15) is 0 Å². The molecule has 1 N–H and O–H groups in total. The second-order valence-electron chi connectivity index (χ2n) is 3.47. The van der Waals surface area contributed by atoms with E-state index in [1.807, 2.05) is 0 Å². The lowest BCUT2D eigenvalue weighted by atomic mass is 10.1. The molecule has 1 rings (SSSR count). The molecule has 0 aliphatic rings. The summed E-state index contributed by atoms with van der Waals surface area (Å²) in [5.41, 5.74) is 0.414. The molecule has 6 nitrogen and oxygen atoms in total. The van der Waals surface area contributed by atoms with Crippen LogP contribution in [0.25, 0.3) is 0 Å². The Bertz CT molecular complexity index is 495. The van der Waals surface area contributed by atoms with Crippen molar-refractivity contribution in [2.45, 2.75) is 13.8 Å². The molecule has 1 amide bonds. The highest BCUT2D eigenvalue weighted by Crippen LogP contribution is 2.23. The molecule has 0 aliphatic carbocycles. The Balaban J connectivity index is 3.15. The minimum absolute atomic E-state index is 0.117. The molecule has 0 saturated carbocycles. The van der Waals surface area contributed by atoms with Crippen LogP contribution in [0.15, 0.2) is 18.2 Å². The number of rotatable bonds is 3. The fourth-order valence-electron chi connectivity index (χ4n) is 1.33. The first-order valence-electron chi connectivity index (χ1n) is 5.12. The van der Waals surface area contributed by atoms with E-state index in [4.69, 9.17) is 4.74 Å². The molecule has 18 heavy (non-hydrogen) atoms. The van der Waals surface area contributed by atoms with Gasteiger partial charge in [-0.05, 0) is 18.2 Å². The minimum Gasteiger partial charge on any atom is -0.465 e. The van der Waals surface area contributed by atoms with Crippen LogP contribution in [-0.2, 0) is 14.3 Å². The number of methoxy groups -OCH3 is 1. The van der Waals surface area contributed by atoms with Crippen LogP contribution < -0.4 is 10.1 Å². The van der Waals surface area contributed by atoms with Gasteiger partial charge < -0.3 is 14.8 Å². The summed E-state index contributed by atoms with van der Waals surface area (Å²) in [5.74, 6) is -1.25. The van der Waals surface area contributed by atoms with E-state index in [0.717, 1.165) is 0 Å². The molecule has 0 unspecified atom stereocenters. The number of carbonyl (C=O) groups is 3. The zero-order valence-electron chi connectivity index (χ0n) is 10.3. The summed E-state index contributed by atoms with van der Waals surface area (Å²) in [6.07, 6.45) is 0. The van der Waals surface area contributed by atoms with Crippen LogP contribution in [0.1, 0.15) is 24.2 Å². The maximum absolute atomic E-state index is 11.5. The van der Waals surface area contributed by atoms with Crippen LogP contribution in [0.4, 0.5) is 5.69 Å². The fourth-order valence-corrected chi connectivity index (χ4v) is 1.33. The lowest BCUT2D eigenvalue weighted by molar-refractivity contribution is -0.131. The highest BCUT2D eigenvalue weighted by Gasteiger charge is 2.14. The number of benzene rings is 1. The predicted molar refractivity (Wildman–Crippen MR) is 63.4 cm³/mol. The van der Waals surface area contributed by atoms with Crippen LogP contribution >= 0.6 is 0 Å². The Morgan fingerprint density at radius 3 is 2.33 bits per heavy atom. The number of anilines is 1. The van der Waals surface area contributed by atoms with Crippen molar-refractivity contribution < 1.29 is 23.9 Å². The first-order valence-corrected chi connectivity index (χ1v) is 5.12. The Labute approximate surface area is 104 Å². The third-order valence-electron chi connectivity index (χ3n) is 1.97. The van der Waals surface area contributed by atoms with Gasteiger partial charge in [0.05, 0.1) is 18.4 Å². The molecule has 0 saturated heterocycles. The largest absolute Gasteiger partial charge is 0.465 e. The van der Waals surface area contributed by atoms with Crippen molar-refractivity contribution in [1.29, 1.82) is 0 Å². The topological polar surface area (TPSA) is 81.7 Å². The summed E-state index contributed by atoms with van der Waals surface area (Å²) in [6.45, 7) is 2.57. The molecule has 0 spiro atoms. The van der Waals surface area contributed by atoms with E-state index in [1.54, 1.807) is 0 Å². The van der Waals surface area contributed by atoms with E-state index in [0.29, 0.717) is 5.69 Å². The molecule has 0 aromatic heterocycles. The zero-order chi connectivity index (χ0) is 13.7. The summed E-state index contributed by atoms with van der Waals surface area (Å²) in [4.78, 5) is 33.3. The Morgan fingerprint density at radius 2 is 1.83 bits per heavy atom. The van der Waals surface area contributed by atoms with Gasteiger partial charge in [0, 0.05) is 13.8 Å². The molecule has 0 aliphatic heterocycles. The standard InChI is InChI=1S/C12H13NO5/c1-7(14)13-11-5-4-9(18-8(2)15)6-10(11)12(16)17-3/h4-6H,1-3H3,(H,13,14). The Morgan fingerprint density at radius 1 is 1.17 bits per heavy atom. The van der Waals surface area contributed by atoms with Crippen molar-refractivity contribution in [2.24, 2.45) is 0 Å². The van der Waals surface area contributed by atoms with Crippen molar-refractivity contribution in [2.75, 3.05) is 12.4 Å². The molecule has 0 atom stereocenters. The molecular weight excluding hydrogens is 238 g/mol. The average Bonchev–Trinajstić information content (AvgIpc) is 2.28. The van der Waals surface area contributed by atoms with Crippen molar-refractivity contribution in [3.8, 4) is 5.75 Å². The van der Waals surface area contributed by atoms with Gasteiger partial charge in [0.25, 0.3) is 0 Å². The Kier molecular flexibility index (Phi) is 4.42.